The Balaban J connectivity index is 1.64. The molecule has 0 amide bonds. The van der Waals surface area contributed by atoms with E-state index >= 15 is 0 Å². The molecule has 0 bridgehead atoms. The van der Waals surface area contributed by atoms with E-state index in [1.807, 2.05) is 0 Å². The van der Waals surface area contributed by atoms with Crippen molar-refractivity contribution in [3.63, 3.8) is 0 Å². The summed E-state index contributed by atoms with van der Waals surface area (Å²) in [7, 11) is -2.22. The standard InChI is InChI=1S/C19H21N3O5S2/c1-26-18(23)14-3-2-4-16(13-14)21-19(28)20-15-5-7-17(8-6-15)29(24,25)22-9-11-27-12-10-22/h2-8,13H,9-12H2,1H3,(H2,20,21,28). The minimum Gasteiger partial charge on any atom is -0.465 e. The van der Waals surface area contributed by atoms with Crippen LogP contribution in [0.3, 0.4) is 0 Å². The van der Waals surface area contributed by atoms with E-state index in [-0.39, 0.29) is 4.90 Å². The number of morpholine rings is 1. The van der Waals surface area contributed by atoms with Crippen molar-refractivity contribution in [3.8, 4) is 0 Å². The zero-order valence-corrected chi connectivity index (χ0v) is 17.4. The number of thiocarbonyl (C=S) groups is 1. The molecule has 8 nitrogen and oxygen atoms in total. The Kier molecular flexibility index (Phi) is 6.80. The van der Waals surface area contributed by atoms with Gasteiger partial charge >= 0.3 is 5.97 Å². The smallest absolute Gasteiger partial charge is 0.337 e. The summed E-state index contributed by atoms with van der Waals surface area (Å²) in [4.78, 5) is 11.8. The Morgan fingerprint density at radius 2 is 1.72 bits per heavy atom. The fourth-order valence-electron chi connectivity index (χ4n) is 2.78. The largest absolute Gasteiger partial charge is 0.465 e. The maximum Gasteiger partial charge on any atom is 0.337 e. The van der Waals surface area contributed by atoms with Gasteiger partial charge in [0.25, 0.3) is 0 Å². The lowest BCUT2D eigenvalue weighted by Crippen LogP contribution is -2.40. The highest BCUT2D eigenvalue weighted by molar-refractivity contribution is 7.89. The lowest BCUT2D eigenvalue weighted by molar-refractivity contribution is 0.0601. The molecule has 0 unspecified atom stereocenters. The quantitative estimate of drug-likeness (QED) is 0.546. The number of esters is 1. The van der Waals surface area contributed by atoms with Crippen molar-refractivity contribution < 1.29 is 22.7 Å². The van der Waals surface area contributed by atoms with Gasteiger partial charge in [0.15, 0.2) is 5.11 Å². The maximum absolute atomic E-state index is 12.6. The number of carbonyl (C=O) groups is 1. The number of rotatable bonds is 5. The molecule has 0 aromatic heterocycles. The second kappa shape index (κ2) is 9.31. The van der Waals surface area contributed by atoms with Gasteiger partial charge in [-0.05, 0) is 54.7 Å². The molecule has 2 aromatic rings. The van der Waals surface area contributed by atoms with Gasteiger partial charge in [-0.3, -0.25) is 0 Å². The molecule has 1 fully saturated rings. The number of hydrogen-bond donors (Lipinski definition) is 2. The van der Waals surface area contributed by atoms with Crippen molar-refractivity contribution >= 4 is 44.7 Å². The number of benzene rings is 2. The Hall–Kier alpha value is -2.53. The molecule has 0 saturated carbocycles. The third-order valence-electron chi connectivity index (χ3n) is 4.26. The van der Waals surface area contributed by atoms with Gasteiger partial charge in [-0.25, -0.2) is 13.2 Å². The summed E-state index contributed by atoms with van der Waals surface area (Å²) in [6.07, 6.45) is 0. The molecule has 0 radical (unpaired) electrons. The SMILES string of the molecule is COC(=O)c1cccc(NC(=S)Nc2ccc(S(=O)(=O)N3CCOCC3)cc2)c1. The van der Waals surface area contributed by atoms with Crippen molar-refractivity contribution in [2.45, 2.75) is 4.90 Å². The van der Waals surface area contributed by atoms with Gasteiger partial charge < -0.3 is 20.1 Å². The monoisotopic (exact) mass is 435 g/mol. The Labute approximate surface area is 174 Å². The van der Waals surface area contributed by atoms with Crippen LogP contribution < -0.4 is 10.6 Å². The van der Waals surface area contributed by atoms with Crippen LogP contribution in [-0.4, -0.2) is 57.2 Å². The van der Waals surface area contributed by atoms with Crippen LogP contribution in [0.1, 0.15) is 10.4 Å². The van der Waals surface area contributed by atoms with Crippen molar-refractivity contribution in [1.82, 2.24) is 4.31 Å². The van der Waals surface area contributed by atoms with Crippen molar-refractivity contribution in [2.75, 3.05) is 44.0 Å². The summed E-state index contributed by atoms with van der Waals surface area (Å²) in [6.45, 7) is 1.49. The van der Waals surface area contributed by atoms with Gasteiger partial charge in [0.05, 0.1) is 30.8 Å². The first-order valence-corrected chi connectivity index (χ1v) is 10.7. The maximum atomic E-state index is 12.6. The third kappa shape index (κ3) is 5.30. The number of carbonyl (C=O) groups excluding carboxylic acids is 1. The number of methoxy groups -OCH3 is 1. The molecule has 3 rings (SSSR count). The molecule has 154 valence electrons. The molecule has 0 atom stereocenters. The van der Waals surface area contributed by atoms with Gasteiger partial charge in [-0.1, -0.05) is 6.07 Å². The van der Waals surface area contributed by atoms with Crippen LogP contribution in [0.4, 0.5) is 11.4 Å². The number of anilines is 2. The van der Waals surface area contributed by atoms with Crippen molar-refractivity contribution in [1.29, 1.82) is 0 Å². The molecule has 1 aliphatic heterocycles. The molecule has 29 heavy (non-hydrogen) atoms. The van der Waals surface area contributed by atoms with E-state index < -0.39 is 16.0 Å². The molecular weight excluding hydrogens is 414 g/mol. The highest BCUT2D eigenvalue weighted by atomic mass is 32.2. The molecule has 0 aliphatic carbocycles. The minimum absolute atomic E-state index is 0.217. The lowest BCUT2D eigenvalue weighted by atomic mass is 10.2. The number of nitrogens with zero attached hydrogens (tertiary/aromatic N) is 1. The van der Waals surface area contributed by atoms with E-state index in [9.17, 15) is 13.2 Å². The van der Waals surface area contributed by atoms with E-state index in [0.29, 0.717) is 48.4 Å². The van der Waals surface area contributed by atoms with Crippen LogP contribution in [0.25, 0.3) is 0 Å². The van der Waals surface area contributed by atoms with Crippen molar-refractivity contribution in [3.05, 3.63) is 54.1 Å². The minimum atomic E-state index is -3.54. The predicted octanol–water partition coefficient (Wildman–Crippen LogP) is 2.30. The number of nitrogens with one attached hydrogen (secondary N) is 2. The normalized spacial score (nSPS) is 14.8. The second-order valence-corrected chi connectivity index (χ2v) is 8.54. The molecule has 1 aliphatic rings. The van der Waals surface area contributed by atoms with Crippen LogP contribution >= 0.6 is 12.2 Å². The first kappa shape index (κ1) is 21.2. The number of hydrogen-bond acceptors (Lipinski definition) is 6. The zero-order valence-electron chi connectivity index (χ0n) is 15.8. The third-order valence-corrected chi connectivity index (χ3v) is 6.38. The summed E-state index contributed by atoms with van der Waals surface area (Å²) in [5, 5.41) is 6.27. The average molecular weight is 436 g/mol. The molecule has 10 heteroatoms. The van der Waals surface area contributed by atoms with E-state index in [2.05, 4.69) is 10.6 Å². The number of sulfonamides is 1. The van der Waals surface area contributed by atoms with Gasteiger partial charge in [0.2, 0.25) is 10.0 Å². The molecule has 0 spiro atoms. The van der Waals surface area contributed by atoms with E-state index in [4.69, 9.17) is 21.7 Å². The van der Waals surface area contributed by atoms with Gasteiger partial charge in [0.1, 0.15) is 0 Å². The van der Waals surface area contributed by atoms with Crippen LogP contribution in [-0.2, 0) is 19.5 Å². The van der Waals surface area contributed by atoms with Crippen molar-refractivity contribution in [2.24, 2.45) is 0 Å². The zero-order chi connectivity index (χ0) is 20.9. The second-order valence-electron chi connectivity index (χ2n) is 6.19. The van der Waals surface area contributed by atoms with E-state index in [0.717, 1.165) is 0 Å². The van der Waals surface area contributed by atoms with Crippen LogP contribution in [0.5, 0.6) is 0 Å². The molecular formula is C19H21N3O5S2. The van der Waals surface area contributed by atoms with Gasteiger partial charge in [-0.2, -0.15) is 4.31 Å². The summed E-state index contributed by atoms with van der Waals surface area (Å²) in [5.74, 6) is -0.440. The van der Waals surface area contributed by atoms with Crippen LogP contribution in [0, 0.1) is 0 Å². The fraction of sp³-hybridized carbons (Fsp3) is 0.263. The average Bonchev–Trinajstić information content (AvgIpc) is 2.74. The molecule has 2 aromatic carbocycles. The Morgan fingerprint density at radius 3 is 2.38 bits per heavy atom. The number of ether oxygens (including phenoxy) is 2. The fourth-order valence-corrected chi connectivity index (χ4v) is 4.43. The topological polar surface area (TPSA) is 97.0 Å². The lowest BCUT2D eigenvalue weighted by Gasteiger charge is -2.26. The highest BCUT2D eigenvalue weighted by Crippen LogP contribution is 2.20. The highest BCUT2D eigenvalue weighted by Gasteiger charge is 2.26. The molecule has 1 saturated heterocycles. The van der Waals surface area contributed by atoms with E-state index in [1.54, 1.807) is 36.4 Å². The first-order chi connectivity index (χ1) is 13.9. The Bertz CT molecular complexity index is 987. The molecule has 2 N–H and O–H groups in total. The summed E-state index contributed by atoms with van der Waals surface area (Å²) >= 11 is 5.29. The van der Waals surface area contributed by atoms with E-state index in [1.165, 1.54) is 23.5 Å². The summed E-state index contributed by atoms with van der Waals surface area (Å²) in [6, 6.07) is 13.1. The Morgan fingerprint density at radius 1 is 1.07 bits per heavy atom. The van der Waals surface area contributed by atoms with Gasteiger partial charge in [-0.15, -0.1) is 0 Å². The van der Waals surface area contributed by atoms with Gasteiger partial charge in [0, 0.05) is 24.5 Å². The van der Waals surface area contributed by atoms with Crippen LogP contribution in [0.15, 0.2) is 53.4 Å². The van der Waals surface area contributed by atoms with Crippen LogP contribution in [0.2, 0.25) is 0 Å². The predicted molar refractivity (Wildman–Crippen MR) is 114 cm³/mol. The summed E-state index contributed by atoms with van der Waals surface area (Å²) in [5.41, 5.74) is 1.66. The molecule has 1 heterocycles. The summed E-state index contributed by atoms with van der Waals surface area (Å²) < 4.78 is 36.6. The first-order valence-electron chi connectivity index (χ1n) is 8.84.